The van der Waals surface area contributed by atoms with Crippen LogP contribution in [-0.4, -0.2) is 16.5 Å². The van der Waals surface area contributed by atoms with Crippen molar-refractivity contribution in [3.05, 3.63) is 45.9 Å². The SMILES string of the molecule is Cc1cccc(Nc2nc(=S)[nH]c3c2CCNC3)c1. The van der Waals surface area contributed by atoms with Gasteiger partial charge in [0, 0.05) is 23.5 Å². The third kappa shape index (κ3) is 2.67. The van der Waals surface area contributed by atoms with Gasteiger partial charge in [-0.1, -0.05) is 12.1 Å². The summed E-state index contributed by atoms with van der Waals surface area (Å²) in [4.78, 5) is 7.60. The maximum absolute atomic E-state index is 5.19. The fourth-order valence-corrected chi connectivity index (χ4v) is 2.57. The molecule has 5 heteroatoms. The molecule has 0 atom stereocenters. The predicted molar refractivity (Wildman–Crippen MR) is 79.3 cm³/mol. The van der Waals surface area contributed by atoms with E-state index >= 15 is 0 Å². The van der Waals surface area contributed by atoms with Crippen LogP contribution in [-0.2, 0) is 13.0 Å². The first-order chi connectivity index (χ1) is 9.22. The minimum atomic E-state index is 0.526. The average molecular weight is 272 g/mol. The Balaban J connectivity index is 2.00. The van der Waals surface area contributed by atoms with Crippen molar-refractivity contribution in [1.29, 1.82) is 0 Å². The van der Waals surface area contributed by atoms with Crippen LogP contribution < -0.4 is 10.6 Å². The lowest BCUT2D eigenvalue weighted by molar-refractivity contribution is 0.623. The van der Waals surface area contributed by atoms with Gasteiger partial charge in [-0.15, -0.1) is 0 Å². The van der Waals surface area contributed by atoms with Crippen LogP contribution in [0.15, 0.2) is 24.3 Å². The molecule has 3 N–H and O–H groups in total. The Kier molecular flexibility index (Phi) is 3.31. The van der Waals surface area contributed by atoms with Gasteiger partial charge in [-0.05, 0) is 49.8 Å². The van der Waals surface area contributed by atoms with E-state index in [-0.39, 0.29) is 0 Å². The summed E-state index contributed by atoms with van der Waals surface area (Å²) in [5.41, 5.74) is 4.64. The molecule has 1 aromatic carbocycles. The number of hydrogen-bond acceptors (Lipinski definition) is 4. The van der Waals surface area contributed by atoms with Crippen LogP contribution in [0.5, 0.6) is 0 Å². The molecule has 98 valence electrons. The molecule has 0 saturated carbocycles. The highest BCUT2D eigenvalue weighted by Gasteiger charge is 2.15. The number of nitrogens with one attached hydrogen (secondary N) is 3. The Morgan fingerprint density at radius 2 is 2.26 bits per heavy atom. The van der Waals surface area contributed by atoms with Gasteiger partial charge in [0.15, 0.2) is 4.77 Å². The molecule has 0 spiro atoms. The Hall–Kier alpha value is -1.72. The van der Waals surface area contributed by atoms with Crippen molar-refractivity contribution in [2.75, 3.05) is 11.9 Å². The third-order valence-corrected chi connectivity index (χ3v) is 3.45. The highest BCUT2D eigenvalue weighted by molar-refractivity contribution is 7.71. The lowest BCUT2D eigenvalue weighted by Gasteiger charge is -2.20. The highest BCUT2D eigenvalue weighted by atomic mass is 32.1. The van der Waals surface area contributed by atoms with Crippen molar-refractivity contribution in [2.45, 2.75) is 19.9 Å². The zero-order valence-electron chi connectivity index (χ0n) is 10.8. The second-order valence-electron chi connectivity index (χ2n) is 4.77. The molecule has 0 amide bonds. The van der Waals surface area contributed by atoms with Gasteiger partial charge in [0.25, 0.3) is 0 Å². The second kappa shape index (κ2) is 5.11. The predicted octanol–water partition coefficient (Wildman–Crippen LogP) is 2.84. The summed E-state index contributed by atoms with van der Waals surface area (Å²) in [6.07, 6.45) is 0.961. The zero-order chi connectivity index (χ0) is 13.2. The number of rotatable bonds is 2. The molecule has 2 aromatic rings. The van der Waals surface area contributed by atoms with Gasteiger partial charge < -0.3 is 15.6 Å². The van der Waals surface area contributed by atoms with Gasteiger partial charge >= 0.3 is 0 Å². The van der Waals surface area contributed by atoms with Crippen LogP contribution >= 0.6 is 12.2 Å². The summed E-state index contributed by atoms with van der Waals surface area (Å²) in [7, 11) is 0. The first-order valence-corrected chi connectivity index (χ1v) is 6.80. The molecule has 0 saturated heterocycles. The second-order valence-corrected chi connectivity index (χ2v) is 5.16. The van der Waals surface area contributed by atoms with E-state index in [2.05, 4.69) is 39.7 Å². The molecule has 3 rings (SSSR count). The maximum atomic E-state index is 5.19. The number of nitrogens with zero attached hydrogens (tertiary/aromatic N) is 1. The number of aromatic nitrogens is 2. The lowest BCUT2D eigenvalue weighted by atomic mass is 10.1. The number of aromatic amines is 1. The summed E-state index contributed by atoms with van der Waals surface area (Å²) >= 11 is 5.19. The fraction of sp³-hybridized carbons (Fsp3) is 0.286. The van der Waals surface area contributed by atoms with E-state index in [1.165, 1.54) is 11.1 Å². The smallest absolute Gasteiger partial charge is 0.199 e. The van der Waals surface area contributed by atoms with Crippen LogP contribution in [0, 0.1) is 11.7 Å². The first-order valence-electron chi connectivity index (χ1n) is 6.39. The molecule has 0 fully saturated rings. The van der Waals surface area contributed by atoms with E-state index in [9.17, 15) is 0 Å². The zero-order valence-corrected chi connectivity index (χ0v) is 11.6. The van der Waals surface area contributed by atoms with Gasteiger partial charge in [0.1, 0.15) is 5.82 Å². The normalized spacial score (nSPS) is 13.9. The number of benzene rings is 1. The van der Waals surface area contributed by atoms with E-state index in [1.807, 2.05) is 12.1 Å². The van der Waals surface area contributed by atoms with Crippen molar-refractivity contribution in [3.8, 4) is 0 Å². The van der Waals surface area contributed by atoms with Crippen LogP contribution in [0.2, 0.25) is 0 Å². The monoisotopic (exact) mass is 272 g/mol. The van der Waals surface area contributed by atoms with Crippen molar-refractivity contribution < 1.29 is 0 Å². The molecule has 4 nitrogen and oxygen atoms in total. The molecule has 1 aromatic heterocycles. The van der Waals surface area contributed by atoms with Gasteiger partial charge in [0.05, 0.1) is 0 Å². The Morgan fingerprint density at radius 3 is 3.11 bits per heavy atom. The molecule has 0 bridgehead atoms. The van der Waals surface area contributed by atoms with Crippen molar-refractivity contribution in [2.24, 2.45) is 0 Å². The van der Waals surface area contributed by atoms with Gasteiger partial charge in [-0.25, -0.2) is 4.98 Å². The quantitative estimate of drug-likeness (QED) is 0.736. The van der Waals surface area contributed by atoms with E-state index in [0.29, 0.717) is 4.77 Å². The summed E-state index contributed by atoms with van der Waals surface area (Å²) in [5.74, 6) is 0.880. The van der Waals surface area contributed by atoms with Gasteiger partial charge in [0.2, 0.25) is 0 Å². The minimum Gasteiger partial charge on any atom is -0.340 e. The molecule has 0 unspecified atom stereocenters. The average Bonchev–Trinajstić information content (AvgIpc) is 2.38. The van der Waals surface area contributed by atoms with Crippen molar-refractivity contribution >= 4 is 23.7 Å². The summed E-state index contributed by atoms with van der Waals surface area (Å²) in [5, 5.41) is 6.72. The number of fused-ring (bicyclic) bond motifs is 1. The summed E-state index contributed by atoms with van der Waals surface area (Å²) in [6.45, 7) is 3.88. The van der Waals surface area contributed by atoms with Crippen molar-refractivity contribution in [1.82, 2.24) is 15.3 Å². The van der Waals surface area contributed by atoms with E-state index < -0.39 is 0 Å². The topological polar surface area (TPSA) is 52.7 Å². The Morgan fingerprint density at radius 1 is 1.37 bits per heavy atom. The summed E-state index contributed by atoms with van der Waals surface area (Å²) in [6, 6.07) is 8.27. The van der Waals surface area contributed by atoms with Crippen LogP contribution in [0.4, 0.5) is 11.5 Å². The van der Waals surface area contributed by atoms with E-state index in [0.717, 1.165) is 36.7 Å². The van der Waals surface area contributed by atoms with Crippen LogP contribution in [0.3, 0.4) is 0 Å². The molecular formula is C14H16N4S. The maximum Gasteiger partial charge on any atom is 0.199 e. The summed E-state index contributed by atoms with van der Waals surface area (Å²) < 4.78 is 0.526. The fourth-order valence-electron chi connectivity index (χ4n) is 2.35. The Labute approximate surface area is 117 Å². The molecular weight excluding hydrogens is 256 g/mol. The first kappa shape index (κ1) is 12.3. The molecule has 0 aliphatic carbocycles. The number of aryl methyl sites for hydroxylation is 1. The van der Waals surface area contributed by atoms with Crippen molar-refractivity contribution in [3.63, 3.8) is 0 Å². The largest absolute Gasteiger partial charge is 0.340 e. The molecule has 0 radical (unpaired) electrons. The van der Waals surface area contributed by atoms with Crippen LogP contribution in [0.1, 0.15) is 16.8 Å². The third-order valence-electron chi connectivity index (χ3n) is 3.26. The van der Waals surface area contributed by atoms with E-state index in [4.69, 9.17) is 12.2 Å². The Bertz CT molecular complexity index is 663. The number of H-pyrrole nitrogens is 1. The molecule has 1 aliphatic rings. The number of hydrogen-bond donors (Lipinski definition) is 3. The molecule has 2 heterocycles. The number of anilines is 2. The standard InChI is InChI=1S/C14H16N4S/c1-9-3-2-4-10(7-9)16-13-11-5-6-15-8-12(11)17-14(19)18-13/h2-4,7,15H,5-6,8H2,1H3,(H2,16,17,18,19). The van der Waals surface area contributed by atoms with Gasteiger partial charge in [-0.2, -0.15) is 0 Å². The van der Waals surface area contributed by atoms with Crippen LogP contribution in [0.25, 0.3) is 0 Å². The highest BCUT2D eigenvalue weighted by Crippen LogP contribution is 2.23. The van der Waals surface area contributed by atoms with E-state index in [1.54, 1.807) is 0 Å². The molecule has 19 heavy (non-hydrogen) atoms. The van der Waals surface area contributed by atoms with Gasteiger partial charge in [-0.3, -0.25) is 0 Å². The molecule has 1 aliphatic heterocycles. The minimum absolute atomic E-state index is 0.526. The lowest BCUT2D eigenvalue weighted by Crippen LogP contribution is -2.26.